The third-order valence-corrected chi connectivity index (χ3v) is 3.28. The second-order valence-corrected chi connectivity index (χ2v) is 5.34. The molecule has 0 saturated carbocycles. The Morgan fingerprint density at radius 2 is 2.05 bits per heavy atom. The maximum absolute atomic E-state index is 10.5. The molecule has 2 rings (SSSR count). The predicted octanol–water partition coefficient (Wildman–Crippen LogP) is 3.96. The van der Waals surface area contributed by atoms with E-state index in [2.05, 4.69) is 25.9 Å². The molecule has 0 spiro atoms. The maximum atomic E-state index is 10.5. The third kappa shape index (κ3) is 2.65. The molecule has 0 amide bonds. The smallest absolute Gasteiger partial charge is 0.217 e. The molecule has 1 N–H and O–H groups in total. The highest BCUT2D eigenvalue weighted by Crippen LogP contribution is 2.32. The first-order chi connectivity index (χ1) is 9.04. The van der Waals surface area contributed by atoms with Crippen molar-refractivity contribution in [1.82, 2.24) is 9.78 Å². The van der Waals surface area contributed by atoms with E-state index < -0.39 is 0 Å². The van der Waals surface area contributed by atoms with Gasteiger partial charge >= 0.3 is 0 Å². The topological polar surface area (TPSA) is 38.0 Å². The molecular formula is C16H22N2O. The Labute approximate surface area is 114 Å². The lowest BCUT2D eigenvalue weighted by Gasteiger charge is -2.06. The summed E-state index contributed by atoms with van der Waals surface area (Å²) >= 11 is 0. The Morgan fingerprint density at radius 1 is 1.32 bits per heavy atom. The van der Waals surface area contributed by atoms with Crippen molar-refractivity contribution in [1.29, 1.82) is 0 Å². The first-order valence-corrected chi connectivity index (χ1v) is 6.92. The average molecular weight is 258 g/mol. The summed E-state index contributed by atoms with van der Waals surface area (Å²) in [6.45, 7) is 8.36. The number of aryl methyl sites for hydroxylation is 2. The van der Waals surface area contributed by atoms with Crippen LogP contribution in [0.4, 0.5) is 0 Å². The highest BCUT2D eigenvalue weighted by molar-refractivity contribution is 5.43. The highest BCUT2D eigenvalue weighted by atomic mass is 16.3. The molecule has 0 fully saturated rings. The standard InChI is InChI=1S/C16H22N2O/c1-5-7-14-15(11(2)3)16(19)18(17-14)13-9-6-8-12(4)10-13/h6,8-11,19H,5,7H2,1-4H3. The van der Waals surface area contributed by atoms with Gasteiger partial charge in [0.1, 0.15) is 0 Å². The summed E-state index contributed by atoms with van der Waals surface area (Å²) in [5.41, 5.74) is 4.07. The normalized spacial score (nSPS) is 11.2. The monoisotopic (exact) mass is 258 g/mol. The van der Waals surface area contributed by atoms with Gasteiger partial charge in [0.15, 0.2) is 0 Å². The lowest BCUT2D eigenvalue weighted by Crippen LogP contribution is -1.97. The van der Waals surface area contributed by atoms with Gasteiger partial charge in [0, 0.05) is 5.56 Å². The van der Waals surface area contributed by atoms with Crippen LogP contribution in [-0.2, 0) is 6.42 Å². The van der Waals surface area contributed by atoms with Gasteiger partial charge in [-0.25, -0.2) is 4.68 Å². The fourth-order valence-corrected chi connectivity index (χ4v) is 2.42. The number of aromatic hydroxyl groups is 1. The second-order valence-electron chi connectivity index (χ2n) is 5.34. The summed E-state index contributed by atoms with van der Waals surface area (Å²) in [6.07, 6.45) is 1.93. The van der Waals surface area contributed by atoms with Gasteiger partial charge in [-0.3, -0.25) is 0 Å². The summed E-state index contributed by atoms with van der Waals surface area (Å²) in [7, 11) is 0. The first-order valence-electron chi connectivity index (χ1n) is 6.92. The predicted molar refractivity (Wildman–Crippen MR) is 78.0 cm³/mol. The molecule has 0 aliphatic carbocycles. The van der Waals surface area contributed by atoms with Gasteiger partial charge < -0.3 is 5.11 Å². The molecule has 0 unspecified atom stereocenters. The zero-order valence-electron chi connectivity index (χ0n) is 12.1. The molecule has 0 saturated heterocycles. The minimum absolute atomic E-state index is 0.278. The molecule has 19 heavy (non-hydrogen) atoms. The van der Waals surface area contributed by atoms with Crippen molar-refractivity contribution in [2.24, 2.45) is 0 Å². The summed E-state index contributed by atoms with van der Waals surface area (Å²) in [6, 6.07) is 8.03. The Hall–Kier alpha value is -1.77. The number of benzene rings is 1. The molecule has 1 aromatic carbocycles. The Bertz CT molecular complexity index is 570. The van der Waals surface area contributed by atoms with Crippen molar-refractivity contribution in [3.63, 3.8) is 0 Å². The minimum Gasteiger partial charge on any atom is -0.493 e. The van der Waals surface area contributed by atoms with E-state index in [-0.39, 0.29) is 11.8 Å². The molecule has 2 aromatic rings. The molecule has 0 radical (unpaired) electrons. The average Bonchev–Trinajstić information content (AvgIpc) is 2.67. The Morgan fingerprint density at radius 3 is 2.63 bits per heavy atom. The molecule has 1 aromatic heterocycles. The second kappa shape index (κ2) is 5.47. The molecule has 0 atom stereocenters. The van der Waals surface area contributed by atoms with E-state index in [0.29, 0.717) is 0 Å². The lowest BCUT2D eigenvalue weighted by molar-refractivity contribution is 0.425. The van der Waals surface area contributed by atoms with E-state index in [4.69, 9.17) is 0 Å². The van der Waals surface area contributed by atoms with E-state index in [1.165, 1.54) is 0 Å². The molecule has 3 nitrogen and oxygen atoms in total. The number of nitrogens with zero attached hydrogens (tertiary/aromatic N) is 2. The van der Waals surface area contributed by atoms with Gasteiger partial charge in [0.05, 0.1) is 11.4 Å². The number of aromatic nitrogens is 2. The molecule has 3 heteroatoms. The molecule has 0 bridgehead atoms. The van der Waals surface area contributed by atoms with Crippen molar-refractivity contribution in [3.05, 3.63) is 41.1 Å². The van der Waals surface area contributed by atoms with E-state index in [9.17, 15) is 5.11 Å². The maximum Gasteiger partial charge on any atom is 0.217 e. The fourth-order valence-electron chi connectivity index (χ4n) is 2.42. The van der Waals surface area contributed by atoms with Gasteiger partial charge in [-0.05, 0) is 37.0 Å². The lowest BCUT2D eigenvalue weighted by atomic mass is 10.0. The summed E-state index contributed by atoms with van der Waals surface area (Å²) < 4.78 is 1.66. The van der Waals surface area contributed by atoms with Crippen molar-refractivity contribution in [3.8, 4) is 11.6 Å². The van der Waals surface area contributed by atoms with E-state index in [0.717, 1.165) is 35.3 Å². The first kappa shape index (κ1) is 13.7. The Kier molecular flexibility index (Phi) is 3.93. The van der Waals surface area contributed by atoms with Crippen molar-refractivity contribution in [2.45, 2.75) is 46.5 Å². The van der Waals surface area contributed by atoms with Crippen LogP contribution in [0.15, 0.2) is 24.3 Å². The van der Waals surface area contributed by atoms with Gasteiger partial charge in [-0.15, -0.1) is 0 Å². The largest absolute Gasteiger partial charge is 0.493 e. The van der Waals surface area contributed by atoms with Crippen LogP contribution in [0, 0.1) is 6.92 Å². The fraction of sp³-hybridized carbons (Fsp3) is 0.438. The highest BCUT2D eigenvalue weighted by Gasteiger charge is 2.20. The number of hydrogen-bond acceptors (Lipinski definition) is 2. The van der Waals surface area contributed by atoms with Crippen LogP contribution in [0.3, 0.4) is 0 Å². The van der Waals surface area contributed by atoms with Crippen molar-refractivity contribution >= 4 is 0 Å². The van der Waals surface area contributed by atoms with Gasteiger partial charge in [0.2, 0.25) is 5.88 Å². The molecular weight excluding hydrogens is 236 g/mol. The summed E-state index contributed by atoms with van der Waals surface area (Å²) in [5, 5.41) is 15.1. The Balaban J connectivity index is 2.55. The summed E-state index contributed by atoms with van der Waals surface area (Å²) in [5.74, 6) is 0.559. The minimum atomic E-state index is 0.278. The quantitative estimate of drug-likeness (QED) is 0.901. The van der Waals surface area contributed by atoms with Crippen molar-refractivity contribution in [2.75, 3.05) is 0 Å². The molecule has 102 valence electrons. The SMILES string of the molecule is CCCc1nn(-c2cccc(C)c2)c(O)c1C(C)C. The van der Waals surface area contributed by atoms with Gasteiger partial charge in [-0.2, -0.15) is 5.10 Å². The third-order valence-electron chi connectivity index (χ3n) is 3.28. The summed E-state index contributed by atoms with van der Waals surface area (Å²) in [4.78, 5) is 0. The molecule has 0 aliphatic heterocycles. The van der Waals surface area contributed by atoms with Crippen molar-refractivity contribution < 1.29 is 5.11 Å². The van der Waals surface area contributed by atoms with Crippen LogP contribution >= 0.6 is 0 Å². The van der Waals surface area contributed by atoms with Crippen LogP contribution in [0.5, 0.6) is 5.88 Å². The van der Waals surface area contributed by atoms with Crippen LogP contribution in [0.25, 0.3) is 5.69 Å². The number of rotatable bonds is 4. The van der Waals surface area contributed by atoms with Crippen LogP contribution in [0.1, 0.15) is 49.9 Å². The molecule has 1 heterocycles. The van der Waals surface area contributed by atoms with Gasteiger partial charge in [0.25, 0.3) is 0 Å². The van der Waals surface area contributed by atoms with E-state index in [1.54, 1.807) is 4.68 Å². The van der Waals surface area contributed by atoms with Crippen LogP contribution < -0.4 is 0 Å². The van der Waals surface area contributed by atoms with E-state index >= 15 is 0 Å². The van der Waals surface area contributed by atoms with Crippen LogP contribution in [0.2, 0.25) is 0 Å². The zero-order chi connectivity index (χ0) is 14.0. The van der Waals surface area contributed by atoms with E-state index in [1.807, 2.05) is 31.2 Å². The zero-order valence-corrected chi connectivity index (χ0v) is 12.1. The molecule has 0 aliphatic rings. The van der Waals surface area contributed by atoms with Crippen LogP contribution in [-0.4, -0.2) is 14.9 Å². The number of hydrogen-bond donors (Lipinski definition) is 1. The van der Waals surface area contributed by atoms with Gasteiger partial charge in [-0.1, -0.05) is 39.3 Å².